The fourth-order valence-corrected chi connectivity index (χ4v) is 5.34. The molecule has 2 aliphatic rings. The lowest BCUT2D eigenvalue weighted by Gasteiger charge is -2.36. The van der Waals surface area contributed by atoms with E-state index in [9.17, 15) is 18.0 Å². The molecule has 0 aromatic heterocycles. The van der Waals surface area contributed by atoms with Gasteiger partial charge in [0.1, 0.15) is 5.75 Å². The highest BCUT2D eigenvalue weighted by Crippen LogP contribution is 2.28. The summed E-state index contributed by atoms with van der Waals surface area (Å²) in [6.45, 7) is 3.37. The molecule has 1 N–H and O–H groups in total. The highest BCUT2D eigenvalue weighted by Gasteiger charge is 2.30. The zero-order valence-corrected chi connectivity index (χ0v) is 18.5. The maximum absolute atomic E-state index is 12.7. The predicted molar refractivity (Wildman–Crippen MR) is 113 cm³/mol. The number of nitrogens with one attached hydrogen (secondary N) is 1. The van der Waals surface area contributed by atoms with E-state index < -0.39 is 16.1 Å². The lowest BCUT2D eigenvalue weighted by atomic mass is 10.0. The van der Waals surface area contributed by atoms with Crippen LogP contribution in [0.4, 0.5) is 0 Å². The molecule has 1 saturated carbocycles. The van der Waals surface area contributed by atoms with Gasteiger partial charge in [-0.15, -0.1) is 0 Å². The van der Waals surface area contributed by atoms with Crippen molar-refractivity contribution in [3.63, 3.8) is 0 Å². The maximum Gasteiger partial charge on any atom is 0.241 e. The summed E-state index contributed by atoms with van der Waals surface area (Å²) in [7, 11) is -2.32. The van der Waals surface area contributed by atoms with E-state index in [1.54, 1.807) is 24.0 Å². The molecule has 9 heteroatoms. The van der Waals surface area contributed by atoms with Gasteiger partial charge in [-0.25, -0.2) is 8.42 Å². The number of carbonyl (C=O) groups is 2. The second kappa shape index (κ2) is 9.78. The van der Waals surface area contributed by atoms with Gasteiger partial charge in [-0.3, -0.25) is 9.59 Å². The smallest absolute Gasteiger partial charge is 0.241 e. The van der Waals surface area contributed by atoms with E-state index in [1.165, 1.54) is 32.1 Å². The molecule has 166 valence electrons. The van der Waals surface area contributed by atoms with Gasteiger partial charge in [0.25, 0.3) is 0 Å². The number of hydrogen-bond donors (Lipinski definition) is 1. The Hall–Kier alpha value is -2.13. The van der Waals surface area contributed by atoms with Gasteiger partial charge in [0.2, 0.25) is 21.8 Å². The van der Waals surface area contributed by atoms with Crippen LogP contribution in [0.15, 0.2) is 29.2 Å². The van der Waals surface area contributed by atoms with Gasteiger partial charge in [0.15, 0.2) is 0 Å². The van der Waals surface area contributed by atoms with E-state index in [0.29, 0.717) is 44.3 Å². The minimum atomic E-state index is -3.82. The van der Waals surface area contributed by atoms with Crippen molar-refractivity contribution in [1.29, 1.82) is 0 Å². The molecule has 0 spiro atoms. The minimum absolute atomic E-state index is 0.0743. The van der Waals surface area contributed by atoms with Crippen LogP contribution in [-0.4, -0.2) is 69.4 Å². The van der Waals surface area contributed by atoms with Gasteiger partial charge in [-0.2, -0.15) is 4.72 Å². The van der Waals surface area contributed by atoms with Crippen molar-refractivity contribution in [2.75, 3.05) is 33.3 Å². The third kappa shape index (κ3) is 5.51. The first kappa shape index (κ1) is 22.6. The van der Waals surface area contributed by atoms with Crippen LogP contribution in [-0.2, 0) is 19.6 Å². The number of rotatable bonds is 7. The lowest BCUT2D eigenvalue weighted by molar-refractivity contribution is -0.140. The third-order valence-electron chi connectivity index (χ3n) is 5.95. The average Bonchev–Trinajstić information content (AvgIpc) is 3.26. The minimum Gasteiger partial charge on any atom is -0.497 e. The van der Waals surface area contributed by atoms with Gasteiger partial charge in [-0.1, -0.05) is 12.8 Å². The quantitative estimate of drug-likeness (QED) is 0.699. The van der Waals surface area contributed by atoms with Crippen LogP contribution in [0.2, 0.25) is 0 Å². The first-order valence-corrected chi connectivity index (χ1v) is 12.0. The molecule has 30 heavy (non-hydrogen) atoms. The van der Waals surface area contributed by atoms with Crippen LogP contribution in [0.25, 0.3) is 0 Å². The Morgan fingerprint density at radius 3 is 2.20 bits per heavy atom. The molecule has 0 bridgehead atoms. The van der Waals surface area contributed by atoms with Crippen molar-refractivity contribution >= 4 is 21.8 Å². The number of amides is 2. The molecule has 8 nitrogen and oxygen atoms in total. The van der Waals surface area contributed by atoms with Crippen molar-refractivity contribution in [2.24, 2.45) is 5.92 Å². The van der Waals surface area contributed by atoms with Crippen LogP contribution in [0.5, 0.6) is 5.75 Å². The molecule has 0 radical (unpaired) electrons. The summed E-state index contributed by atoms with van der Waals surface area (Å²) in [6, 6.07) is 5.10. The normalized spacial score (nSPS) is 19.0. The number of methoxy groups -OCH3 is 1. The largest absolute Gasteiger partial charge is 0.497 e. The van der Waals surface area contributed by atoms with E-state index in [4.69, 9.17) is 4.74 Å². The van der Waals surface area contributed by atoms with Gasteiger partial charge < -0.3 is 14.5 Å². The summed E-state index contributed by atoms with van der Waals surface area (Å²) in [5, 5.41) is 0. The number of hydrogen-bond acceptors (Lipinski definition) is 5. The van der Waals surface area contributed by atoms with Crippen molar-refractivity contribution in [3.8, 4) is 5.75 Å². The van der Waals surface area contributed by atoms with E-state index >= 15 is 0 Å². The topological polar surface area (TPSA) is 96.0 Å². The number of nitrogens with zero attached hydrogens (tertiary/aromatic N) is 2. The summed E-state index contributed by atoms with van der Waals surface area (Å²) in [6.07, 6.45) is 5.30. The third-order valence-corrected chi connectivity index (χ3v) is 7.51. The molecule has 1 heterocycles. The molecule has 3 rings (SSSR count). The number of sulfonamides is 1. The number of piperazine rings is 1. The highest BCUT2D eigenvalue weighted by atomic mass is 32.2. The number of benzene rings is 1. The number of ether oxygens (including phenoxy) is 1. The van der Waals surface area contributed by atoms with Gasteiger partial charge in [0.05, 0.1) is 18.0 Å². The molecule has 1 aromatic carbocycles. The van der Waals surface area contributed by atoms with Gasteiger partial charge >= 0.3 is 0 Å². The highest BCUT2D eigenvalue weighted by molar-refractivity contribution is 7.89. The molecule has 1 saturated heterocycles. The molecule has 1 aromatic rings. The zero-order chi connectivity index (χ0) is 21.7. The Balaban J connectivity index is 1.50. The molecule has 1 aliphatic carbocycles. The summed E-state index contributed by atoms with van der Waals surface area (Å²) in [5.41, 5.74) is 0. The van der Waals surface area contributed by atoms with Crippen LogP contribution >= 0.6 is 0 Å². The molecular weight excluding hydrogens is 406 g/mol. The fourth-order valence-electron chi connectivity index (χ4n) is 4.15. The summed E-state index contributed by atoms with van der Waals surface area (Å²) >= 11 is 0. The van der Waals surface area contributed by atoms with E-state index in [2.05, 4.69) is 4.72 Å². The Kier molecular flexibility index (Phi) is 7.36. The SMILES string of the molecule is COc1ccc(S(=O)(=O)N[C@@H](C)C(=O)N2CCN(C(=O)CC3CCCC3)CC2)cc1. The van der Waals surface area contributed by atoms with Crippen LogP contribution in [0.1, 0.15) is 39.0 Å². The predicted octanol–water partition coefficient (Wildman–Crippen LogP) is 1.61. The second-order valence-corrected chi connectivity index (χ2v) is 9.79. The molecule has 1 atom stereocenters. The van der Waals surface area contributed by atoms with E-state index in [-0.39, 0.29) is 16.7 Å². The second-order valence-electron chi connectivity index (χ2n) is 8.08. The molecule has 0 unspecified atom stereocenters. The monoisotopic (exact) mass is 437 g/mol. The molecule has 1 aliphatic heterocycles. The van der Waals surface area contributed by atoms with Crippen LogP contribution in [0.3, 0.4) is 0 Å². The number of carbonyl (C=O) groups excluding carboxylic acids is 2. The van der Waals surface area contributed by atoms with Crippen LogP contribution in [0, 0.1) is 5.92 Å². The maximum atomic E-state index is 12.7. The van der Waals surface area contributed by atoms with Crippen molar-refractivity contribution in [3.05, 3.63) is 24.3 Å². The van der Waals surface area contributed by atoms with Crippen molar-refractivity contribution in [1.82, 2.24) is 14.5 Å². The Morgan fingerprint density at radius 1 is 1.07 bits per heavy atom. The van der Waals surface area contributed by atoms with Crippen LogP contribution < -0.4 is 9.46 Å². The Labute approximate surface area is 178 Å². The van der Waals surface area contributed by atoms with Gasteiger partial charge in [-0.05, 0) is 49.9 Å². The summed E-state index contributed by atoms with van der Waals surface area (Å²) in [5.74, 6) is 0.945. The van der Waals surface area contributed by atoms with Gasteiger partial charge in [0, 0.05) is 32.6 Å². The van der Waals surface area contributed by atoms with Crippen molar-refractivity contribution in [2.45, 2.75) is 50.0 Å². The average molecular weight is 438 g/mol. The standard InChI is InChI=1S/C21H31N3O5S/c1-16(22-30(27,28)19-9-7-18(29-2)8-10-19)21(26)24-13-11-23(12-14-24)20(25)15-17-5-3-4-6-17/h7-10,16-17,22H,3-6,11-15H2,1-2H3/t16-/m0/s1. The Bertz CT molecular complexity index is 842. The molecule has 2 amide bonds. The van der Waals surface area contributed by atoms with Crippen molar-refractivity contribution < 1.29 is 22.7 Å². The Morgan fingerprint density at radius 2 is 1.63 bits per heavy atom. The fraction of sp³-hybridized carbons (Fsp3) is 0.619. The summed E-state index contributed by atoms with van der Waals surface area (Å²) in [4.78, 5) is 28.7. The lowest BCUT2D eigenvalue weighted by Crippen LogP contribution is -2.55. The molecular formula is C21H31N3O5S. The van der Waals surface area contributed by atoms with E-state index in [0.717, 1.165) is 12.8 Å². The zero-order valence-electron chi connectivity index (χ0n) is 17.7. The van der Waals surface area contributed by atoms with E-state index in [1.807, 2.05) is 4.90 Å². The summed E-state index contributed by atoms with van der Waals surface area (Å²) < 4.78 is 32.6. The molecule has 2 fully saturated rings. The first-order valence-electron chi connectivity index (χ1n) is 10.5. The first-order chi connectivity index (χ1) is 14.3.